The summed E-state index contributed by atoms with van der Waals surface area (Å²) in [5.41, 5.74) is 0.325. The van der Waals surface area contributed by atoms with Crippen molar-refractivity contribution >= 4 is 0 Å². The van der Waals surface area contributed by atoms with Crippen LogP contribution in [0.15, 0.2) is 0 Å². The highest BCUT2D eigenvalue weighted by atomic mass is 16.5. The first-order valence-electron chi connectivity index (χ1n) is 5.14. The summed E-state index contributed by atoms with van der Waals surface area (Å²) >= 11 is 0. The van der Waals surface area contributed by atoms with Crippen LogP contribution in [0.3, 0.4) is 0 Å². The third-order valence-corrected chi connectivity index (χ3v) is 2.73. The zero-order valence-electron chi connectivity index (χ0n) is 9.85. The molecule has 2 heteroatoms. The highest BCUT2D eigenvalue weighted by Crippen LogP contribution is 2.32. The Morgan fingerprint density at radius 1 is 1.00 bits per heavy atom. The van der Waals surface area contributed by atoms with Crippen molar-refractivity contribution in [2.45, 2.75) is 58.7 Å². The van der Waals surface area contributed by atoms with Gasteiger partial charge in [-0.1, -0.05) is 0 Å². The molecule has 13 heavy (non-hydrogen) atoms. The second kappa shape index (κ2) is 3.25. The van der Waals surface area contributed by atoms with Gasteiger partial charge in [-0.25, -0.2) is 0 Å². The molecule has 0 aromatic heterocycles. The van der Waals surface area contributed by atoms with Crippen LogP contribution in [0, 0.1) is 0 Å². The van der Waals surface area contributed by atoms with E-state index in [1.54, 1.807) is 0 Å². The van der Waals surface area contributed by atoms with Gasteiger partial charge in [0, 0.05) is 17.1 Å². The van der Waals surface area contributed by atoms with Crippen molar-refractivity contribution in [2.24, 2.45) is 0 Å². The lowest BCUT2D eigenvalue weighted by Gasteiger charge is -2.54. The maximum atomic E-state index is 5.64. The largest absolute Gasteiger partial charge is 0.378 e. The molecule has 2 nitrogen and oxygen atoms in total. The van der Waals surface area contributed by atoms with E-state index in [9.17, 15) is 0 Å². The van der Waals surface area contributed by atoms with Gasteiger partial charge in [-0.15, -0.1) is 0 Å². The van der Waals surface area contributed by atoms with Gasteiger partial charge >= 0.3 is 0 Å². The predicted molar refractivity (Wildman–Crippen MR) is 56.0 cm³/mol. The standard InChI is InChI=1S/C11H23NO/c1-9(2)12-10(3,4)7-13-8-11(12,5)6/h9H,7-8H2,1-6H3. The average Bonchev–Trinajstić information content (AvgIpc) is 1.79. The topological polar surface area (TPSA) is 12.5 Å². The van der Waals surface area contributed by atoms with E-state index in [4.69, 9.17) is 4.74 Å². The highest BCUT2D eigenvalue weighted by Gasteiger charge is 2.43. The molecule has 1 fully saturated rings. The van der Waals surface area contributed by atoms with Gasteiger partial charge in [0.15, 0.2) is 0 Å². The van der Waals surface area contributed by atoms with Gasteiger partial charge in [0.25, 0.3) is 0 Å². The van der Waals surface area contributed by atoms with Gasteiger partial charge in [0.2, 0.25) is 0 Å². The van der Waals surface area contributed by atoms with Gasteiger partial charge in [-0.2, -0.15) is 0 Å². The summed E-state index contributed by atoms with van der Waals surface area (Å²) in [5, 5.41) is 0. The minimum atomic E-state index is 0.163. The Kier molecular flexibility index (Phi) is 2.75. The van der Waals surface area contributed by atoms with Crippen LogP contribution in [0.5, 0.6) is 0 Å². The summed E-state index contributed by atoms with van der Waals surface area (Å²) in [6.45, 7) is 15.2. The molecule has 0 aromatic rings. The molecule has 0 atom stereocenters. The number of rotatable bonds is 1. The Morgan fingerprint density at radius 2 is 1.38 bits per heavy atom. The van der Waals surface area contributed by atoms with Crippen LogP contribution in [-0.4, -0.2) is 35.2 Å². The zero-order valence-corrected chi connectivity index (χ0v) is 9.85. The van der Waals surface area contributed by atoms with Crippen molar-refractivity contribution in [3.63, 3.8) is 0 Å². The second-order valence-electron chi connectivity index (χ2n) is 5.58. The Labute approximate surface area is 82.3 Å². The zero-order chi connectivity index (χ0) is 10.3. The Hall–Kier alpha value is -0.0800. The molecule has 0 aromatic carbocycles. The molecule has 1 heterocycles. The Morgan fingerprint density at radius 3 is 1.62 bits per heavy atom. The van der Waals surface area contributed by atoms with Crippen LogP contribution in [0.4, 0.5) is 0 Å². The quantitative estimate of drug-likeness (QED) is 0.621. The molecule has 1 aliphatic heterocycles. The molecule has 1 rings (SSSR count). The second-order valence-corrected chi connectivity index (χ2v) is 5.58. The number of hydrogen-bond acceptors (Lipinski definition) is 2. The van der Waals surface area contributed by atoms with E-state index in [0.717, 1.165) is 13.2 Å². The first-order valence-corrected chi connectivity index (χ1v) is 5.14. The van der Waals surface area contributed by atoms with Crippen LogP contribution in [0.1, 0.15) is 41.5 Å². The van der Waals surface area contributed by atoms with Gasteiger partial charge in [-0.3, -0.25) is 4.90 Å². The average molecular weight is 185 g/mol. The molecular weight excluding hydrogens is 162 g/mol. The first kappa shape index (κ1) is 11.0. The third kappa shape index (κ3) is 2.05. The van der Waals surface area contributed by atoms with Gasteiger partial charge in [0.1, 0.15) is 0 Å². The smallest absolute Gasteiger partial charge is 0.0646 e. The Balaban J connectivity index is 2.91. The van der Waals surface area contributed by atoms with Crippen LogP contribution < -0.4 is 0 Å². The minimum Gasteiger partial charge on any atom is -0.378 e. The van der Waals surface area contributed by atoms with Crippen molar-refractivity contribution in [3.8, 4) is 0 Å². The molecule has 78 valence electrons. The van der Waals surface area contributed by atoms with Crippen LogP contribution in [0.25, 0.3) is 0 Å². The minimum absolute atomic E-state index is 0.163. The summed E-state index contributed by atoms with van der Waals surface area (Å²) < 4.78 is 5.64. The molecule has 0 radical (unpaired) electrons. The first-order chi connectivity index (χ1) is 5.77. The lowest BCUT2D eigenvalue weighted by atomic mass is 9.90. The number of morpholine rings is 1. The lowest BCUT2D eigenvalue weighted by molar-refractivity contribution is -0.140. The molecule has 0 saturated carbocycles. The molecule has 1 aliphatic rings. The van der Waals surface area contributed by atoms with Crippen LogP contribution in [-0.2, 0) is 4.74 Å². The van der Waals surface area contributed by atoms with Gasteiger partial charge < -0.3 is 4.74 Å². The molecule has 0 unspecified atom stereocenters. The number of nitrogens with zero attached hydrogens (tertiary/aromatic N) is 1. The summed E-state index contributed by atoms with van der Waals surface area (Å²) in [5.74, 6) is 0. The summed E-state index contributed by atoms with van der Waals surface area (Å²) in [7, 11) is 0. The fourth-order valence-corrected chi connectivity index (χ4v) is 2.91. The predicted octanol–water partition coefficient (Wildman–Crippen LogP) is 2.28. The summed E-state index contributed by atoms with van der Waals surface area (Å²) in [6.07, 6.45) is 0. The SMILES string of the molecule is CC(C)N1C(C)(C)COCC1(C)C. The molecule has 0 spiro atoms. The molecule has 0 bridgehead atoms. The molecule has 1 saturated heterocycles. The van der Waals surface area contributed by atoms with Crippen LogP contribution >= 0.6 is 0 Å². The van der Waals surface area contributed by atoms with E-state index in [-0.39, 0.29) is 11.1 Å². The third-order valence-electron chi connectivity index (χ3n) is 2.73. The van der Waals surface area contributed by atoms with Crippen molar-refractivity contribution < 1.29 is 4.74 Å². The van der Waals surface area contributed by atoms with Crippen molar-refractivity contribution in [1.82, 2.24) is 4.90 Å². The monoisotopic (exact) mass is 185 g/mol. The fourth-order valence-electron chi connectivity index (χ4n) is 2.91. The Bertz CT molecular complexity index is 169. The van der Waals surface area contributed by atoms with Gasteiger partial charge in [0.05, 0.1) is 13.2 Å². The summed E-state index contributed by atoms with van der Waals surface area (Å²) in [4.78, 5) is 2.56. The van der Waals surface area contributed by atoms with Crippen LogP contribution in [0.2, 0.25) is 0 Å². The van der Waals surface area contributed by atoms with E-state index < -0.39 is 0 Å². The van der Waals surface area contributed by atoms with Crippen molar-refractivity contribution in [3.05, 3.63) is 0 Å². The lowest BCUT2D eigenvalue weighted by Crippen LogP contribution is -2.65. The molecule has 0 N–H and O–H groups in total. The highest BCUT2D eigenvalue weighted by molar-refractivity contribution is 4.97. The van der Waals surface area contributed by atoms with Gasteiger partial charge in [-0.05, 0) is 41.5 Å². The number of hydrogen-bond donors (Lipinski definition) is 0. The molecular formula is C11H23NO. The summed E-state index contributed by atoms with van der Waals surface area (Å²) in [6, 6.07) is 0.578. The normalized spacial score (nSPS) is 27.9. The van der Waals surface area contributed by atoms with Crippen molar-refractivity contribution in [2.75, 3.05) is 13.2 Å². The van der Waals surface area contributed by atoms with E-state index >= 15 is 0 Å². The fraction of sp³-hybridized carbons (Fsp3) is 1.00. The van der Waals surface area contributed by atoms with E-state index in [0.29, 0.717) is 6.04 Å². The molecule has 0 aliphatic carbocycles. The van der Waals surface area contributed by atoms with Crippen molar-refractivity contribution in [1.29, 1.82) is 0 Å². The van der Waals surface area contributed by atoms with E-state index in [2.05, 4.69) is 46.4 Å². The maximum Gasteiger partial charge on any atom is 0.0646 e. The molecule has 0 amide bonds. The van der Waals surface area contributed by atoms with E-state index in [1.165, 1.54) is 0 Å². The van der Waals surface area contributed by atoms with E-state index in [1.807, 2.05) is 0 Å². The number of ether oxygens (including phenoxy) is 1. The maximum absolute atomic E-state index is 5.64.